The molecule has 0 aliphatic heterocycles. The topological polar surface area (TPSA) is 147 Å². The molecule has 0 fully saturated rings. The van der Waals surface area contributed by atoms with E-state index in [9.17, 15) is 9.18 Å². The monoisotopic (exact) mass is 434 g/mol. The first kappa shape index (κ1) is 20.8. The second-order valence-electron chi connectivity index (χ2n) is 6.75. The Labute approximate surface area is 181 Å². The molecule has 4 aromatic rings. The number of methoxy groups -OCH3 is 1. The van der Waals surface area contributed by atoms with Gasteiger partial charge >= 0.3 is 0 Å². The Hall–Kier alpha value is -4.41. The predicted molar refractivity (Wildman–Crippen MR) is 120 cm³/mol. The van der Waals surface area contributed by atoms with Crippen LogP contribution in [0.2, 0.25) is 0 Å². The first-order valence-corrected chi connectivity index (χ1v) is 9.47. The van der Waals surface area contributed by atoms with E-state index >= 15 is 0 Å². The van der Waals surface area contributed by atoms with Crippen molar-refractivity contribution < 1.29 is 9.13 Å². The van der Waals surface area contributed by atoms with Gasteiger partial charge < -0.3 is 20.4 Å². The van der Waals surface area contributed by atoms with E-state index < -0.39 is 11.4 Å². The second kappa shape index (κ2) is 8.38. The summed E-state index contributed by atoms with van der Waals surface area (Å²) < 4.78 is 19.6. The highest BCUT2D eigenvalue weighted by Gasteiger charge is 2.21. The fourth-order valence-corrected chi connectivity index (χ4v) is 3.18. The lowest BCUT2D eigenvalue weighted by Gasteiger charge is -2.10. The van der Waals surface area contributed by atoms with E-state index in [2.05, 4.69) is 34.9 Å². The molecule has 3 heterocycles. The molecular formula is C21H19FN8O2. The van der Waals surface area contributed by atoms with Gasteiger partial charge in [-0.1, -0.05) is 0 Å². The molecular weight excluding hydrogens is 415 g/mol. The summed E-state index contributed by atoms with van der Waals surface area (Å²) in [6, 6.07) is 4.47. The Kier molecular flexibility index (Phi) is 5.46. The van der Waals surface area contributed by atoms with Crippen molar-refractivity contribution in [3.05, 3.63) is 58.3 Å². The maximum Gasteiger partial charge on any atom is 0.261 e. The number of anilines is 1. The number of pyridine rings is 1. The number of aromatic nitrogens is 5. The normalized spacial score (nSPS) is 12.1. The molecule has 4 N–H and O–H groups in total. The van der Waals surface area contributed by atoms with Gasteiger partial charge in [0.05, 0.1) is 29.7 Å². The van der Waals surface area contributed by atoms with Gasteiger partial charge in [0.2, 0.25) is 0 Å². The largest absolute Gasteiger partial charge is 0.497 e. The molecule has 11 heteroatoms. The van der Waals surface area contributed by atoms with E-state index in [0.29, 0.717) is 22.8 Å². The average molecular weight is 434 g/mol. The van der Waals surface area contributed by atoms with Crippen LogP contribution in [0, 0.1) is 5.82 Å². The first-order chi connectivity index (χ1) is 15.4. The minimum atomic E-state index is -0.597. The number of nitrogens with two attached hydrogens (primary N) is 1. The standard InChI is InChI=1S/C21H19FN8O2/c1-10(19-25-5-4-6-26-19)27-18-15(21(31)29-14(9-24-2)16(18)23)20-28-13-8-11(32-3)7-12(22)17(13)30-20/h4-9H,23H2,1-3H3,(H,28,30)(H,29,31). The summed E-state index contributed by atoms with van der Waals surface area (Å²) in [5.41, 5.74) is 7.26. The molecule has 0 bridgehead atoms. The molecule has 0 unspecified atom stereocenters. The van der Waals surface area contributed by atoms with Crippen LogP contribution in [0.15, 0.2) is 45.4 Å². The fourth-order valence-electron chi connectivity index (χ4n) is 3.18. The third-order valence-corrected chi connectivity index (χ3v) is 4.67. The van der Waals surface area contributed by atoms with Crippen LogP contribution in [0.25, 0.3) is 22.4 Å². The van der Waals surface area contributed by atoms with Gasteiger partial charge in [-0.2, -0.15) is 0 Å². The van der Waals surface area contributed by atoms with E-state index in [1.165, 1.54) is 19.4 Å². The summed E-state index contributed by atoms with van der Waals surface area (Å²) in [4.78, 5) is 39.8. The predicted octanol–water partition coefficient (Wildman–Crippen LogP) is 2.63. The number of nitrogens with one attached hydrogen (secondary N) is 2. The number of H-pyrrole nitrogens is 2. The lowest BCUT2D eigenvalue weighted by atomic mass is 10.1. The maximum absolute atomic E-state index is 14.5. The lowest BCUT2D eigenvalue weighted by molar-refractivity contribution is 0.412. The van der Waals surface area contributed by atoms with Crippen LogP contribution < -0.4 is 16.0 Å². The Morgan fingerprint density at radius 3 is 2.69 bits per heavy atom. The molecule has 0 saturated carbocycles. The summed E-state index contributed by atoms with van der Waals surface area (Å²) >= 11 is 0. The SMILES string of the molecule is CN=Cc1[nH]c(=O)c(-c2nc3c(F)cc(OC)cc3[nH]2)c(N=C(C)c2ncccn2)c1N. The molecule has 10 nitrogen and oxygen atoms in total. The van der Waals surface area contributed by atoms with Gasteiger partial charge in [0.15, 0.2) is 11.6 Å². The maximum atomic E-state index is 14.5. The molecule has 1 aromatic carbocycles. The van der Waals surface area contributed by atoms with Crippen molar-refractivity contribution in [1.82, 2.24) is 24.9 Å². The number of nitrogen functional groups attached to an aromatic ring is 1. The van der Waals surface area contributed by atoms with E-state index in [-0.39, 0.29) is 34.0 Å². The van der Waals surface area contributed by atoms with Crippen molar-refractivity contribution in [1.29, 1.82) is 0 Å². The minimum absolute atomic E-state index is 0.0422. The molecule has 4 rings (SSSR count). The highest BCUT2D eigenvalue weighted by Crippen LogP contribution is 2.34. The van der Waals surface area contributed by atoms with Gasteiger partial charge in [0.1, 0.15) is 28.3 Å². The van der Waals surface area contributed by atoms with Crippen LogP contribution in [0.4, 0.5) is 15.8 Å². The van der Waals surface area contributed by atoms with Gasteiger partial charge in [-0.25, -0.2) is 24.3 Å². The summed E-state index contributed by atoms with van der Waals surface area (Å²) in [7, 11) is 2.98. The zero-order valence-electron chi connectivity index (χ0n) is 17.5. The van der Waals surface area contributed by atoms with Crippen LogP contribution in [0.3, 0.4) is 0 Å². The van der Waals surface area contributed by atoms with Crippen LogP contribution in [0.5, 0.6) is 5.75 Å². The average Bonchev–Trinajstić information content (AvgIpc) is 3.21. The Morgan fingerprint density at radius 2 is 2.00 bits per heavy atom. The number of aromatic amines is 2. The van der Waals surface area contributed by atoms with Crippen molar-refractivity contribution in [2.75, 3.05) is 19.9 Å². The quantitative estimate of drug-likeness (QED) is 0.411. The molecule has 0 spiro atoms. The van der Waals surface area contributed by atoms with Crippen LogP contribution in [-0.2, 0) is 0 Å². The number of ether oxygens (including phenoxy) is 1. The zero-order valence-corrected chi connectivity index (χ0v) is 17.5. The first-order valence-electron chi connectivity index (χ1n) is 9.47. The van der Waals surface area contributed by atoms with Crippen molar-refractivity contribution in [2.45, 2.75) is 6.92 Å². The van der Waals surface area contributed by atoms with Gasteiger partial charge in [0.25, 0.3) is 5.56 Å². The number of fused-ring (bicyclic) bond motifs is 1. The molecule has 162 valence electrons. The van der Waals surface area contributed by atoms with Crippen LogP contribution in [0.1, 0.15) is 18.4 Å². The number of hydrogen-bond donors (Lipinski definition) is 3. The number of hydrogen-bond acceptors (Lipinski definition) is 8. The molecule has 0 amide bonds. The smallest absolute Gasteiger partial charge is 0.261 e. The summed E-state index contributed by atoms with van der Waals surface area (Å²) in [6.07, 6.45) is 4.57. The van der Waals surface area contributed by atoms with Gasteiger partial charge in [-0.15, -0.1) is 0 Å². The van der Waals surface area contributed by atoms with E-state index in [1.807, 2.05) is 0 Å². The van der Waals surface area contributed by atoms with E-state index in [1.54, 1.807) is 38.5 Å². The molecule has 0 atom stereocenters. The van der Waals surface area contributed by atoms with Crippen LogP contribution >= 0.6 is 0 Å². The van der Waals surface area contributed by atoms with Crippen molar-refractivity contribution in [3.8, 4) is 17.1 Å². The van der Waals surface area contributed by atoms with Crippen molar-refractivity contribution in [3.63, 3.8) is 0 Å². The Balaban J connectivity index is 2.00. The molecule has 0 saturated heterocycles. The molecule has 32 heavy (non-hydrogen) atoms. The van der Waals surface area contributed by atoms with Gasteiger partial charge in [0, 0.05) is 37.8 Å². The Morgan fingerprint density at radius 1 is 1.25 bits per heavy atom. The summed E-state index contributed by atoms with van der Waals surface area (Å²) in [5, 5.41) is 0. The van der Waals surface area contributed by atoms with Crippen molar-refractivity contribution in [2.24, 2.45) is 9.98 Å². The van der Waals surface area contributed by atoms with Gasteiger partial charge in [-0.3, -0.25) is 9.79 Å². The van der Waals surface area contributed by atoms with E-state index in [0.717, 1.165) is 0 Å². The fraction of sp³-hybridized carbons (Fsp3) is 0.143. The third kappa shape index (κ3) is 3.71. The Bertz CT molecular complexity index is 1420. The number of nitrogens with zero attached hydrogens (tertiary/aromatic N) is 5. The number of rotatable bonds is 5. The third-order valence-electron chi connectivity index (χ3n) is 4.67. The van der Waals surface area contributed by atoms with Gasteiger partial charge in [-0.05, 0) is 13.0 Å². The molecule has 0 aliphatic rings. The summed E-state index contributed by atoms with van der Waals surface area (Å²) in [5.74, 6) is 0.174. The molecule has 0 radical (unpaired) electrons. The number of imidazole rings is 1. The van der Waals surface area contributed by atoms with Crippen LogP contribution in [-0.4, -0.2) is 51.0 Å². The summed E-state index contributed by atoms with van der Waals surface area (Å²) in [6.45, 7) is 1.69. The second-order valence-corrected chi connectivity index (χ2v) is 6.75. The molecule has 3 aromatic heterocycles. The highest BCUT2D eigenvalue weighted by molar-refractivity contribution is 6.01. The highest BCUT2D eigenvalue weighted by atomic mass is 19.1. The van der Waals surface area contributed by atoms with E-state index in [4.69, 9.17) is 10.5 Å². The number of aliphatic imine (C=N–C) groups is 2. The number of benzene rings is 1. The lowest BCUT2D eigenvalue weighted by Crippen LogP contribution is -2.16. The number of halogens is 1. The zero-order chi connectivity index (χ0) is 22.8. The minimum Gasteiger partial charge on any atom is -0.497 e. The molecule has 0 aliphatic carbocycles. The van der Waals surface area contributed by atoms with Crippen molar-refractivity contribution >= 4 is 34.3 Å².